The number of rotatable bonds is 20. The van der Waals surface area contributed by atoms with Crippen LogP contribution in [0.15, 0.2) is 12.2 Å². The SMILES string of the molecule is CCCCCCCCC=CCCCCCCCC(=O)POCC(O)CO. The van der Waals surface area contributed by atoms with E-state index in [-0.39, 0.29) is 27.5 Å². The van der Waals surface area contributed by atoms with Crippen LogP contribution < -0.4 is 0 Å². The second-order valence-electron chi connectivity index (χ2n) is 7.01. The summed E-state index contributed by atoms with van der Waals surface area (Å²) in [5.74, 6) is 0. The minimum absolute atomic E-state index is 0.0348. The highest BCUT2D eigenvalue weighted by atomic mass is 31.1. The standard InChI is InChI=1S/C21H41O4P/c1-2-3-4-5-6-7-8-9-10-11-12-13-14-15-16-17-21(24)26-25-19-20(23)18-22/h9-10,20,22-23,26H,2-8,11-19H2,1H3. The second-order valence-corrected chi connectivity index (χ2v) is 8.06. The molecule has 0 fully saturated rings. The molecule has 5 heteroatoms. The summed E-state index contributed by atoms with van der Waals surface area (Å²) in [6, 6.07) is 0. The van der Waals surface area contributed by atoms with Gasteiger partial charge in [-0.05, 0) is 32.1 Å². The van der Waals surface area contributed by atoms with Crippen molar-refractivity contribution in [2.75, 3.05) is 13.2 Å². The molecule has 0 aliphatic rings. The molecule has 0 spiro atoms. The first kappa shape index (κ1) is 25.7. The van der Waals surface area contributed by atoms with Crippen LogP contribution in [0.25, 0.3) is 0 Å². The lowest BCUT2D eigenvalue weighted by molar-refractivity contribution is -0.112. The maximum Gasteiger partial charge on any atom is 0.178 e. The van der Waals surface area contributed by atoms with Crippen molar-refractivity contribution < 1.29 is 19.5 Å². The summed E-state index contributed by atoms with van der Waals surface area (Å²) < 4.78 is 5.08. The molecule has 26 heavy (non-hydrogen) atoms. The van der Waals surface area contributed by atoms with Crippen molar-refractivity contribution in [3.8, 4) is 0 Å². The monoisotopic (exact) mass is 388 g/mol. The lowest BCUT2D eigenvalue weighted by Crippen LogP contribution is -2.17. The number of hydrogen-bond donors (Lipinski definition) is 2. The minimum Gasteiger partial charge on any atom is -0.394 e. The third-order valence-corrected chi connectivity index (χ3v) is 5.13. The summed E-state index contributed by atoms with van der Waals surface area (Å²) in [7, 11) is -0.206. The molecule has 154 valence electrons. The maximum atomic E-state index is 11.6. The molecule has 0 aliphatic carbocycles. The zero-order valence-electron chi connectivity index (χ0n) is 16.8. The first-order valence-corrected chi connectivity index (χ1v) is 11.5. The summed E-state index contributed by atoms with van der Waals surface area (Å²) in [4.78, 5) is 11.6. The third kappa shape index (κ3) is 20.0. The van der Waals surface area contributed by atoms with E-state index in [0.717, 1.165) is 12.8 Å². The van der Waals surface area contributed by atoms with Gasteiger partial charge in [-0.3, -0.25) is 4.79 Å². The Morgan fingerprint density at radius 3 is 2.04 bits per heavy atom. The van der Waals surface area contributed by atoms with Gasteiger partial charge in [0, 0.05) is 6.42 Å². The molecule has 4 nitrogen and oxygen atoms in total. The van der Waals surface area contributed by atoms with Gasteiger partial charge in [0.1, 0.15) is 6.10 Å². The topological polar surface area (TPSA) is 66.8 Å². The third-order valence-electron chi connectivity index (χ3n) is 4.34. The molecule has 0 aromatic heterocycles. The fourth-order valence-corrected chi connectivity index (χ4v) is 3.39. The Morgan fingerprint density at radius 1 is 0.923 bits per heavy atom. The lowest BCUT2D eigenvalue weighted by Gasteiger charge is -2.07. The highest BCUT2D eigenvalue weighted by Crippen LogP contribution is 2.18. The van der Waals surface area contributed by atoms with Gasteiger partial charge in [-0.25, -0.2) is 0 Å². The second kappa shape index (κ2) is 21.0. The molecular weight excluding hydrogens is 347 g/mol. The molecule has 0 heterocycles. The minimum atomic E-state index is -0.879. The van der Waals surface area contributed by atoms with E-state index in [4.69, 9.17) is 14.7 Å². The zero-order valence-corrected chi connectivity index (χ0v) is 17.8. The molecule has 0 aliphatic heterocycles. The lowest BCUT2D eigenvalue weighted by atomic mass is 10.1. The van der Waals surface area contributed by atoms with Gasteiger partial charge in [0.2, 0.25) is 0 Å². The number of aliphatic hydroxyl groups is 2. The average Bonchev–Trinajstić information content (AvgIpc) is 2.64. The van der Waals surface area contributed by atoms with E-state index in [0.29, 0.717) is 6.42 Å². The van der Waals surface area contributed by atoms with Gasteiger partial charge < -0.3 is 14.7 Å². The Kier molecular flexibility index (Phi) is 20.8. The fourth-order valence-electron chi connectivity index (χ4n) is 2.68. The van der Waals surface area contributed by atoms with E-state index in [1.165, 1.54) is 70.6 Å². The zero-order chi connectivity index (χ0) is 19.3. The van der Waals surface area contributed by atoms with E-state index in [1.54, 1.807) is 0 Å². The van der Waals surface area contributed by atoms with Crippen LogP contribution in [0.5, 0.6) is 0 Å². The van der Waals surface area contributed by atoms with Crippen molar-refractivity contribution in [1.29, 1.82) is 0 Å². The van der Waals surface area contributed by atoms with Crippen LogP contribution in [-0.2, 0) is 9.32 Å². The fraction of sp³-hybridized carbons (Fsp3) is 0.857. The molecule has 0 amide bonds. The first-order valence-electron chi connectivity index (χ1n) is 10.5. The van der Waals surface area contributed by atoms with Crippen LogP contribution >= 0.6 is 8.81 Å². The van der Waals surface area contributed by atoms with Crippen molar-refractivity contribution in [2.24, 2.45) is 0 Å². The van der Waals surface area contributed by atoms with E-state index >= 15 is 0 Å². The van der Waals surface area contributed by atoms with Crippen molar-refractivity contribution >= 4 is 14.3 Å². The summed E-state index contributed by atoms with van der Waals surface area (Å²) in [6.07, 6.45) is 20.6. The van der Waals surface area contributed by atoms with E-state index in [9.17, 15) is 4.79 Å². The van der Waals surface area contributed by atoms with Crippen LogP contribution in [0.1, 0.15) is 96.8 Å². The highest BCUT2D eigenvalue weighted by molar-refractivity contribution is 7.53. The van der Waals surface area contributed by atoms with E-state index in [2.05, 4.69) is 19.1 Å². The molecule has 0 radical (unpaired) electrons. The van der Waals surface area contributed by atoms with Crippen LogP contribution in [0.3, 0.4) is 0 Å². The Morgan fingerprint density at radius 2 is 1.46 bits per heavy atom. The number of carbonyl (C=O) groups is 1. The van der Waals surface area contributed by atoms with E-state index < -0.39 is 6.10 Å². The summed E-state index contributed by atoms with van der Waals surface area (Å²) in [5, 5.41) is 17.7. The predicted octanol–water partition coefficient (Wildman–Crippen LogP) is 5.51. The summed E-state index contributed by atoms with van der Waals surface area (Å²) in [6.45, 7) is 1.97. The maximum absolute atomic E-state index is 11.6. The average molecular weight is 389 g/mol. The van der Waals surface area contributed by atoms with Crippen LogP contribution in [-0.4, -0.2) is 35.1 Å². The van der Waals surface area contributed by atoms with Crippen molar-refractivity contribution in [3.05, 3.63) is 12.2 Å². The molecule has 0 bridgehead atoms. The Bertz CT molecular complexity index is 334. The number of hydrogen-bond acceptors (Lipinski definition) is 4. The molecule has 0 saturated carbocycles. The van der Waals surface area contributed by atoms with Gasteiger partial charge >= 0.3 is 0 Å². The van der Waals surface area contributed by atoms with Gasteiger partial charge in [0.05, 0.1) is 22.0 Å². The van der Waals surface area contributed by atoms with Crippen molar-refractivity contribution in [2.45, 2.75) is 103 Å². The number of aliphatic hydroxyl groups excluding tert-OH is 2. The number of unbranched alkanes of at least 4 members (excludes halogenated alkanes) is 11. The molecule has 2 atom stereocenters. The van der Waals surface area contributed by atoms with Gasteiger partial charge in [0.15, 0.2) is 5.52 Å². The van der Waals surface area contributed by atoms with Crippen molar-refractivity contribution in [1.82, 2.24) is 0 Å². The smallest absolute Gasteiger partial charge is 0.178 e. The summed E-state index contributed by atoms with van der Waals surface area (Å²) >= 11 is 0. The van der Waals surface area contributed by atoms with Gasteiger partial charge in [0.25, 0.3) is 0 Å². The molecule has 0 aromatic carbocycles. The molecule has 2 unspecified atom stereocenters. The Balaban J connectivity index is 3.23. The molecule has 0 saturated heterocycles. The molecule has 0 aromatic rings. The van der Waals surface area contributed by atoms with Gasteiger partial charge in [-0.2, -0.15) is 0 Å². The molecule has 2 N–H and O–H groups in total. The highest BCUT2D eigenvalue weighted by Gasteiger charge is 2.05. The van der Waals surface area contributed by atoms with Crippen molar-refractivity contribution in [3.63, 3.8) is 0 Å². The van der Waals surface area contributed by atoms with E-state index in [1.807, 2.05) is 0 Å². The number of carbonyl (C=O) groups excluding carboxylic acids is 1. The Labute approximate surface area is 162 Å². The molecule has 0 rings (SSSR count). The normalized spacial score (nSPS) is 13.2. The van der Waals surface area contributed by atoms with Gasteiger partial charge in [-0.15, -0.1) is 0 Å². The predicted molar refractivity (Wildman–Crippen MR) is 112 cm³/mol. The van der Waals surface area contributed by atoms with Gasteiger partial charge in [-0.1, -0.05) is 70.4 Å². The number of allylic oxidation sites excluding steroid dienone is 2. The quantitative estimate of drug-likeness (QED) is 0.164. The Hall–Kier alpha value is -0.280. The summed E-state index contributed by atoms with van der Waals surface area (Å²) in [5.41, 5.74) is 0.104. The van der Waals surface area contributed by atoms with Crippen LogP contribution in [0.2, 0.25) is 0 Å². The van der Waals surface area contributed by atoms with Crippen LogP contribution in [0.4, 0.5) is 0 Å². The molecular formula is C21H41O4P. The van der Waals surface area contributed by atoms with Crippen LogP contribution in [0, 0.1) is 0 Å². The first-order chi connectivity index (χ1) is 12.7. The largest absolute Gasteiger partial charge is 0.394 e.